The number of hydrogen-bond acceptors (Lipinski definition) is 4. The molecule has 0 radical (unpaired) electrons. The van der Waals surface area contributed by atoms with E-state index in [2.05, 4.69) is 17.0 Å². The second-order valence-corrected chi connectivity index (χ2v) is 8.54. The number of rotatable bonds is 4. The third-order valence-electron chi connectivity index (χ3n) is 6.67. The average Bonchev–Trinajstić information content (AvgIpc) is 3.20. The predicted octanol–water partition coefficient (Wildman–Crippen LogP) is 3.42. The zero-order chi connectivity index (χ0) is 22.9. The average molecular weight is 447 g/mol. The van der Waals surface area contributed by atoms with Crippen LogP contribution in [0.4, 0.5) is 15.8 Å². The molecule has 0 atom stereocenters. The standard InChI is InChI=1S/C26H27FN4O2/c1-2-24(32)30-15-13-29(14-16-30)23-6-4-3-5-21(23)25-22-17-31(19-9-7-18(27)8-10-19)26(33)20(22)11-12-28-25/h3-10H,2,11-17H2,1H3. The third-order valence-corrected chi connectivity index (χ3v) is 6.67. The van der Waals surface area contributed by atoms with E-state index < -0.39 is 0 Å². The lowest BCUT2D eigenvalue weighted by Crippen LogP contribution is -2.49. The summed E-state index contributed by atoms with van der Waals surface area (Å²) in [7, 11) is 0. The zero-order valence-corrected chi connectivity index (χ0v) is 18.8. The number of para-hydroxylation sites is 1. The van der Waals surface area contributed by atoms with Crippen LogP contribution in [-0.4, -0.2) is 61.7 Å². The summed E-state index contributed by atoms with van der Waals surface area (Å²) in [6, 6.07) is 14.2. The fourth-order valence-corrected chi connectivity index (χ4v) is 4.92. The van der Waals surface area contributed by atoms with Gasteiger partial charge in [-0.05, 0) is 36.8 Å². The number of amides is 2. The Morgan fingerprint density at radius 1 is 1.00 bits per heavy atom. The molecule has 1 fully saturated rings. The van der Waals surface area contributed by atoms with Gasteiger partial charge in [-0.25, -0.2) is 4.39 Å². The van der Waals surface area contributed by atoms with Crippen LogP contribution in [0.25, 0.3) is 0 Å². The van der Waals surface area contributed by atoms with Gasteiger partial charge < -0.3 is 14.7 Å². The van der Waals surface area contributed by atoms with Gasteiger partial charge in [0, 0.05) is 67.2 Å². The van der Waals surface area contributed by atoms with Gasteiger partial charge in [0.2, 0.25) is 5.91 Å². The van der Waals surface area contributed by atoms with Gasteiger partial charge in [0.25, 0.3) is 5.91 Å². The molecule has 7 heteroatoms. The molecule has 0 saturated carbocycles. The largest absolute Gasteiger partial charge is 0.367 e. The van der Waals surface area contributed by atoms with Crippen molar-refractivity contribution >= 4 is 28.9 Å². The number of benzene rings is 2. The minimum Gasteiger partial charge on any atom is -0.367 e. The molecule has 3 heterocycles. The van der Waals surface area contributed by atoms with Gasteiger partial charge in [-0.15, -0.1) is 0 Å². The highest BCUT2D eigenvalue weighted by atomic mass is 19.1. The van der Waals surface area contributed by atoms with Crippen LogP contribution in [0, 0.1) is 5.82 Å². The summed E-state index contributed by atoms with van der Waals surface area (Å²) >= 11 is 0. The maximum Gasteiger partial charge on any atom is 0.255 e. The first kappa shape index (κ1) is 21.4. The molecule has 5 rings (SSSR count). The molecule has 170 valence electrons. The minimum absolute atomic E-state index is 0.0202. The summed E-state index contributed by atoms with van der Waals surface area (Å²) < 4.78 is 13.4. The maximum absolute atomic E-state index is 13.4. The van der Waals surface area contributed by atoms with E-state index in [0.29, 0.717) is 44.7 Å². The molecule has 0 bridgehead atoms. The molecule has 3 aliphatic heterocycles. The lowest BCUT2D eigenvalue weighted by Gasteiger charge is -2.37. The zero-order valence-electron chi connectivity index (χ0n) is 18.8. The Hall–Kier alpha value is -3.48. The molecule has 2 aromatic carbocycles. The van der Waals surface area contributed by atoms with Crippen molar-refractivity contribution < 1.29 is 14.0 Å². The molecule has 2 amide bonds. The number of aliphatic imine (C=N–C) groups is 1. The van der Waals surface area contributed by atoms with Gasteiger partial charge in [0.15, 0.2) is 0 Å². The van der Waals surface area contributed by atoms with Crippen molar-refractivity contribution in [2.24, 2.45) is 4.99 Å². The molecular weight excluding hydrogens is 419 g/mol. The van der Waals surface area contributed by atoms with Crippen LogP contribution in [0.3, 0.4) is 0 Å². The first-order valence-electron chi connectivity index (χ1n) is 11.5. The molecular formula is C26H27FN4O2. The molecule has 0 unspecified atom stereocenters. The van der Waals surface area contributed by atoms with Crippen molar-refractivity contribution in [2.75, 3.05) is 49.1 Å². The van der Waals surface area contributed by atoms with Crippen LogP contribution in [0.5, 0.6) is 0 Å². The lowest BCUT2D eigenvalue weighted by atomic mass is 9.93. The highest BCUT2D eigenvalue weighted by molar-refractivity contribution is 6.25. The van der Waals surface area contributed by atoms with Gasteiger partial charge in [-0.3, -0.25) is 14.6 Å². The molecule has 3 aliphatic rings. The van der Waals surface area contributed by atoms with Crippen LogP contribution in [0.15, 0.2) is 64.7 Å². The Morgan fingerprint density at radius 3 is 2.45 bits per heavy atom. The number of halogens is 1. The Bertz CT molecular complexity index is 1150. The highest BCUT2D eigenvalue weighted by Gasteiger charge is 2.36. The van der Waals surface area contributed by atoms with Crippen molar-refractivity contribution in [3.05, 3.63) is 71.1 Å². The number of nitrogens with zero attached hydrogens (tertiary/aromatic N) is 4. The lowest BCUT2D eigenvalue weighted by molar-refractivity contribution is -0.131. The van der Waals surface area contributed by atoms with E-state index in [4.69, 9.17) is 4.99 Å². The summed E-state index contributed by atoms with van der Waals surface area (Å²) in [6.07, 6.45) is 1.15. The second kappa shape index (κ2) is 8.81. The first-order chi connectivity index (χ1) is 16.1. The molecule has 33 heavy (non-hydrogen) atoms. The summed E-state index contributed by atoms with van der Waals surface area (Å²) in [5.41, 5.74) is 5.44. The molecule has 1 saturated heterocycles. The summed E-state index contributed by atoms with van der Waals surface area (Å²) in [5, 5.41) is 0. The number of carbonyl (C=O) groups excluding carboxylic acids is 2. The Morgan fingerprint density at radius 2 is 1.73 bits per heavy atom. The van der Waals surface area contributed by atoms with Crippen molar-refractivity contribution in [2.45, 2.75) is 19.8 Å². The van der Waals surface area contributed by atoms with Crippen LogP contribution < -0.4 is 9.80 Å². The normalized spacial score (nSPS) is 18.5. The summed E-state index contributed by atoms with van der Waals surface area (Å²) in [5.74, 6) is -0.145. The highest BCUT2D eigenvalue weighted by Crippen LogP contribution is 2.35. The molecule has 0 N–H and O–H groups in total. The fourth-order valence-electron chi connectivity index (χ4n) is 4.92. The van der Waals surface area contributed by atoms with E-state index in [1.165, 1.54) is 12.1 Å². The SMILES string of the molecule is CCC(=O)N1CCN(c2ccccc2C2=NCCC3=C2CN(c2ccc(F)cc2)C3=O)CC1. The van der Waals surface area contributed by atoms with Gasteiger partial charge >= 0.3 is 0 Å². The van der Waals surface area contributed by atoms with E-state index in [9.17, 15) is 14.0 Å². The van der Waals surface area contributed by atoms with E-state index in [-0.39, 0.29) is 17.6 Å². The number of anilines is 2. The molecule has 2 aromatic rings. The van der Waals surface area contributed by atoms with E-state index in [1.54, 1.807) is 17.0 Å². The van der Waals surface area contributed by atoms with Crippen LogP contribution in [0.2, 0.25) is 0 Å². The third kappa shape index (κ3) is 3.92. The molecule has 0 aromatic heterocycles. The number of hydrogen-bond donors (Lipinski definition) is 0. The maximum atomic E-state index is 13.4. The van der Waals surface area contributed by atoms with E-state index in [1.807, 2.05) is 24.0 Å². The minimum atomic E-state index is -0.319. The van der Waals surface area contributed by atoms with Gasteiger partial charge in [0.05, 0.1) is 12.3 Å². The van der Waals surface area contributed by atoms with Gasteiger partial charge in [-0.1, -0.05) is 25.1 Å². The number of carbonyl (C=O) groups is 2. The summed E-state index contributed by atoms with van der Waals surface area (Å²) in [4.78, 5) is 36.1. The quantitative estimate of drug-likeness (QED) is 0.723. The van der Waals surface area contributed by atoms with Crippen molar-refractivity contribution in [3.8, 4) is 0 Å². The monoisotopic (exact) mass is 446 g/mol. The Labute approximate surface area is 193 Å². The second-order valence-electron chi connectivity index (χ2n) is 8.54. The van der Waals surface area contributed by atoms with Crippen molar-refractivity contribution in [1.29, 1.82) is 0 Å². The van der Waals surface area contributed by atoms with Gasteiger partial charge in [0.1, 0.15) is 5.82 Å². The fraction of sp³-hybridized carbons (Fsp3) is 0.346. The van der Waals surface area contributed by atoms with Crippen LogP contribution in [0.1, 0.15) is 25.3 Å². The van der Waals surface area contributed by atoms with Crippen molar-refractivity contribution in [1.82, 2.24) is 4.90 Å². The Balaban J connectivity index is 1.42. The number of piperazine rings is 1. The molecule has 0 aliphatic carbocycles. The van der Waals surface area contributed by atoms with Crippen molar-refractivity contribution in [3.63, 3.8) is 0 Å². The molecule has 6 nitrogen and oxygen atoms in total. The number of dihydropyridines is 1. The first-order valence-corrected chi connectivity index (χ1v) is 11.5. The van der Waals surface area contributed by atoms with Crippen LogP contribution >= 0.6 is 0 Å². The van der Waals surface area contributed by atoms with E-state index in [0.717, 1.165) is 41.2 Å². The summed E-state index contributed by atoms with van der Waals surface area (Å²) in [6.45, 7) is 5.85. The van der Waals surface area contributed by atoms with Crippen LogP contribution in [-0.2, 0) is 9.59 Å². The Kier molecular flexibility index (Phi) is 5.70. The van der Waals surface area contributed by atoms with Gasteiger partial charge in [-0.2, -0.15) is 0 Å². The predicted molar refractivity (Wildman–Crippen MR) is 127 cm³/mol. The smallest absolute Gasteiger partial charge is 0.255 e. The van der Waals surface area contributed by atoms with E-state index >= 15 is 0 Å². The molecule has 0 spiro atoms. The topological polar surface area (TPSA) is 56.2 Å².